The quantitative estimate of drug-likeness (QED) is 0.888. The molecule has 112 valence electrons. The number of hydrogen-bond donors (Lipinski definition) is 1. The number of aromatic nitrogens is 2. The molecule has 2 rings (SSSR count). The highest BCUT2D eigenvalue weighted by atomic mass is 16.5. The van der Waals surface area contributed by atoms with Gasteiger partial charge in [-0.2, -0.15) is 5.10 Å². The number of amides is 1. The second kappa shape index (κ2) is 7.04. The van der Waals surface area contributed by atoms with Crippen LogP contribution in [0.5, 0.6) is 0 Å². The topological polar surface area (TPSA) is 56.2 Å². The van der Waals surface area contributed by atoms with E-state index in [0.29, 0.717) is 18.8 Å². The van der Waals surface area contributed by atoms with Gasteiger partial charge in [-0.3, -0.25) is 4.79 Å². The molecular formula is C16H21N3O2. The van der Waals surface area contributed by atoms with Crippen LogP contribution in [-0.4, -0.2) is 28.4 Å². The molecule has 1 aromatic heterocycles. The molecule has 1 aromatic carbocycles. The minimum Gasteiger partial charge on any atom is -0.378 e. The summed E-state index contributed by atoms with van der Waals surface area (Å²) in [6, 6.07) is 9.70. The van der Waals surface area contributed by atoms with Crippen molar-refractivity contribution in [2.75, 3.05) is 11.9 Å². The molecule has 0 fully saturated rings. The van der Waals surface area contributed by atoms with Crippen molar-refractivity contribution in [2.45, 2.75) is 33.3 Å². The van der Waals surface area contributed by atoms with Crippen molar-refractivity contribution in [3.8, 4) is 5.69 Å². The Bertz CT molecular complexity index is 605. The van der Waals surface area contributed by atoms with Crippen molar-refractivity contribution in [1.82, 2.24) is 9.78 Å². The lowest BCUT2D eigenvalue weighted by Crippen LogP contribution is -2.18. The minimum absolute atomic E-state index is 0.0778. The summed E-state index contributed by atoms with van der Waals surface area (Å²) in [7, 11) is 0. The standard InChI is InChI=1S/C16H21N3O2/c1-12(2)21-11-9-16(20)18-15-8-10-17-19(15)14-7-5-4-6-13(14)3/h4-8,10,12H,9,11H2,1-3H3,(H,18,20). The van der Waals surface area contributed by atoms with Gasteiger partial charge in [0.25, 0.3) is 0 Å². The van der Waals surface area contributed by atoms with E-state index in [1.54, 1.807) is 16.9 Å². The molecule has 1 amide bonds. The highest BCUT2D eigenvalue weighted by Gasteiger charge is 2.10. The monoisotopic (exact) mass is 287 g/mol. The van der Waals surface area contributed by atoms with Crippen LogP contribution in [0.4, 0.5) is 5.82 Å². The second-order valence-electron chi connectivity index (χ2n) is 5.13. The predicted octanol–water partition coefficient (Wildman–Crippen LogP) is 2.93. The van der Waals surface area contributed by atoms with Gasteiger partial charge in [0.15, 0.2) is 0 Å². The Hall–Kier alpha value is -2.14. The zero-order valence-corrected chi connectivity index (χ0v) is 12.7. The SMILES string of the molecule is Cc1ccccc1-n1nccc1NC(=O)CCOC(C)C. The van der Waals surface area contributed by atoms with Gasteiger partial charge in [0.1, 0.15) is 5.82 Å². The van der Waals surface area contributed by atoms with Crippen LogP contribution in [0, 0.1) is 6.92 Å². The van der Waals surface area contributed by atoms with E-state index in [0.717, 1.165) is 11.3 Å². The minimum atomic E-state index is -0.0778. The lowest BCUT2D eigenvalue weighted by molar-refractivity contribution is -0.117. The zero-order valence-electron chi connectivity index (χ0n) is 12.7. The average molecular weight is 287 g/mol. The van der Waals surface area contributed by atoms with Gasteiger partial charge in [-0.1, -0.05) is 18.2 Å². The van der Waals surface area contributed by atoms with E-state index in [2.05, 4.69) is 10.4 Å². The molecule has 0 radical (unpaired) electrons. The molecule has 0 aliphatic rings. The number of para-hydroxylation sites is 1. The van der Waals surface area contributed by atoms with Crippen LogP contribution in [0.15, 0.2) is 36.5 Å². The van der Waals surface area contributed by atoms with E-state index >= 15 is 0 Å². The lowest BCUT2D eigenvalue weighted by Gasteiger charge is -2.11. The molecule has 1 N–H and O–H groups in total. The molecule has 0 aliphatic carbocycles. The van der Waals surface area contributed by atoms with Crippen LogP contribution >= 0.6 is 0 Å². The van der Waals surface area contributed by atoms with Gasteiger partial charge in [-0.05, 0) is 32.4 Å². The van der Waals surface area contributed by atoms with E-state index < -0.39 is 0 Å². The molecule has 0 bridgehead atoms. The van der Waals surface area contributed by atoms with Crippen molar-refractivity contribution in [3.05, 3.63) is 42.1 Å². The van der Waals surface area contributed by atoms with Gasteiger partial charge >= 0.3 is 0 Å². The largest absolute Gasteiger partial charge is 0.378 e. The highest BCUT2D eigenvalue weighted by Crippen LogP contribution is 2.18. The van der Waals surface area contributed by atoms with Crippen LogP contribution < -0.4 is 5.32 Å². The molecule has 1 heterocycles. The molecule has 2 aromatic rings. The fourth-order valence-corrected chi connectivity index (χ4v) is 1.98. The molecule has 5 heteroatoms. The van der Waals surface area contributed by atoms with Gasteiger partial charge in [0, 0.05) is 6.07 Å². The first-order valence-corrected chi connectivity index (χ1v) is 7.09. The summed E-state index contributed by atoms with van der Waals surface area (Å²) < 4.78 is 7.12. The summed E-state index contributed by atoms with van der Waals surface area (Å²) in [5.41, 5.74) is 2.05. The molecule has 0 saturated heterocycles. The number of rotatable bonds is 6. The Morgan fingerprint density at radius 2 is 2.10 bits per heavy atom. The Balaban J connectivity index is 2.04. The smallest absolute Gasteiger partial charge is 0.227 e. The average Bonchev–Trinajstić information content (AvgIpc) is 2.86. The molecule has 0 atom stereocenters. The number of ether oxygens (including phenoxy) is 1. The fraction of sp³-hybridized carbons (Fsp3) is 0.375. The molecule has 5 nitrogen and oxygen atoms in total. The van der Waals surface area contributed by atoms with Gasteiger partial charge in [0.2, 0.25) is 5.91 Å². The van der Waals surface area contributed by atoms with Gasteiger partial charge in [-0.15, -0.1) is 0 Å². The molecular weight excluding hydrogens is 266 g/mol. The van der Waals surface area contributed by atoms with Gasteiger partial charge in [0.05, 0.1) is 31.0 Å². The van der Waals surface area contributed by atoms with E-state index in [4.69, 9.17) is 4.74 Å². The number of aryl methyl sites for hydroxylation is 1. The number of carbonyl (C=O) groups is 1. The molecule has 0 spiro atoms. The first kappa shape index (κ1) is 15.3. The van der Waals surface area contributed by atoms with Gasteiger partial charge < -0.3 is 10.1 Å². The number of benzene rings is 1. The first-order chi connectivity index (χ1) is 10.1. The van der Waals surface area contributed by atoms with Gasteiger partial charge in [-0.25, -0.2) is 4.68 Å². The molecule has 0 saturated carbocycles. The summed E-state index contributed by atoms with van der Waals surface area (Å²) in [5.74, 6) is 0.588. The number of nitrogens with one attached hydrogen (secondary N) is 1. The van der Waals surface area contributed by atoms with Crippen LogP contribution in [0.1, 0.15) is 25.8 Å². The van der Waals surface area contributed by atoms with Crippen molar-refractivity contribution in [3.63, 3.8) is 0 Å². The summed E-state index contributed by atoms with van der Waals surface area (Å²) >= 11 is 0. The van der Waals surface area contributed by atoms with Crippen LogP contribution in [0.3, 0.4) is 0 Å². The highest BCUT2D eigenvalue weighted by molar-refractivity contribution is 5.90. The molecule has 0 unspecified atom stereocenters. The number of carbonyl (C=O) groups excluding carboxylic acids is 1. The maximum absolute atomic E-state index is 11.9. The van der Waals surface area contributed by atoms with Crippen molar-refractivity contribution in [2.24, 2.45) is 0 Å². The van der Waals surface area contributed by atoms with E-state index in [-0.39, 0.29) is 12.0 Å². The third kappa shape index (κ3) is 4.16. The maximum Gasteiger partial charge on any atom is 0.227 e. The first-order valence-electron chi connectivity index (χ1n) is 7.09. The fourth-order valence-electron chi connectivity index (χ4n) is 1.98. The van der Waals surface area contributed by atoms with Crippen molar-refractivity contribution < 1.29 is 9.53 Å². The number of nitrogens with zero attached hydrogens (tertiary/aromatic N) is 2. The Morgan fingerprint density at radius 1 is 1.33 bits per heavy atom. The van der Waals surface area contributed by atoms with Crippen LogP contribution in [0.25, 0.3) is 5.69 Å². The summed E-state index contributed by atoms with van der Waals surface area (Å²) in [4.78, 5) is 11.9. The van der Waals surface area contributed by atoms with E-state index in [1.165, 1.54) is 0 Å². The van der Waals surface area contributed by atoms with Crippen LogP contribution in [-0.2, 0) is 9.53 Å². The van der Waals surface area contributed by atoms with Crippen molar-refractivity contribution >= 4 is 11.7 Å². The Kier molecular flexibility index (Phi) is 5.11. The zero-order chi connectivity index (χ0) is 15.2. The summed E-state index contributed by atoms with van der Waals surface area (Å²) in [5, 5.41) is 7.15. The molecule has 21 heavy (non-hydrogen) atoms. The maximum atomic E-state index is 11.9. The molecule has 0 aliphatic heterocycles. The third-order valence-electron chi connectivity index (χ3n) is 3.03. The lowest BCUT2D eigenvalue weighted by atomic mass is 10.2. The van der Waals surface area contributed by atoms with E-state index in [1.807, 2.05) is 45.0 Å². The number of anilines is 1. The predicted molar refractivity (Wildman–Crippen MR) is 82.6 cm³/mol. The summed E-state index contributed by atoms with van der Waals surface area (Å²) in [6.07, 6.45) is 2.14. The van der Waals surface area contributed by atoms with Crippen molar-refractivity contribution in [1.29, 1.82) is 0 Å². The Labute approximate surface area is 124 Å². The third-order valence-corrected chi connectivity index (χ3v) is 3.03. The Morgan fingerprint density at radius 3 is 2.81 bits per heavy atom. The second-order valence-corrected chi connectivity index (χ2v) is 5.13. The van der Waals surface area contributed by atoms with E-state index in [9.17, 15) is 4.79 Å². The number of hydrogen-bond acceptors (Lipinski definition) is 3. The normalized spacial score (nSPS) is 10.9. The van der Waals surface area contributed by atoms with Crippen LogP contribution in [0.2, 0.25) is 0 Å². The summed E-state index contributed by atoms with van der Waals surface area (Å²) in [6.45, 7) is 6.33.